The first-order valence-corrected chi connectivity index (χ1v) is 7.07. The van der Waals surface area contributed by atoms with Gasteiger partial charge in [0.2, 0.25) is 0 Å². The standard InChI is InChI=1S/C15H14Cl2N2O2/c1-10-6-14(13(17)7-12(10)16)21-9-15(20)19-8-11-4-2-3-5-18-11/h2-7H,8-9H2,1H3,(H,19,20). The number of ether oxygens (including phenoxy) is 1. The molecule has 1 heterocycles. The van der Waals surface area contributed by atoms with Crippen molar-refractivity contribution in [3.8, 4) is 5.75 Å². The van der Waals surface area contributed by atoms with Gasteiger partial charge in [0.1, 0.15) is 5.75 Å². The van der Waals surface area contributed by atoms with E-state index in [2.05, 4.69) is 10.3 Å². The Morgan fingerprint density at radius 2 is 2.10 bits per heavy atom. The molecule has 1 aromatic carbocycles. The van der Waals surface area contributed by atoms with E-state index in [1.54, 1.807) is 18.3 Å². The van der Waals surface area contributed by atoms with E-state index >= 15 is 0 Å². The summed E-state index contributed by atoms with van der Waals surface area (Å²) in [6.07, 6.45) is 1.67. The molecular weight excluding hydrogens is 311 g/mol. The summed E-state index contributed by atoms with van der Waals surface area (Å²) in [5.41, 5.74) is 1.62. The van der Waals surface area contributed by atoms with Crippen LogP contribution in [0.3, 0.4) is 0 Å². The average Bonchev–Trinajstić information content (AvgIpc) is 2.48. The Morgan fingerprint density at radius 1 is 1.29 bits per heavy atom. The van der Waals surface area contributed by atoms with Gasteiger partial charge in [-0.15, -0.1) is 0 Å². The summed E-state index contributed by atoms with van der Waals surface area (Å²) in [5.74, 6) is 0.191. The lowest BCUT2D eigenvalue weighted by atomic mass is 10.2. The lowest BCUT2D eigenvalue weighted by Crippen LogP contribution is -2.28. The number of hydrogen-bond acceptors (Lipinski definition) is 3. The molecule has 0 aliphatic rings. The predicted octanol–water partition coefficient (Wildman–Crippen LogP) is 3.39. The van der Waals surface area contributed by atoms with Gasteiger partial charge in [-0.2, -0.15) is 0 Å². The van der Waals surface area contributed by atoms with Crippen LogP contribution in [0, 0.1) is 6.92 Å². The highest BCUT2D eigenvalue weighted by Gasteiger charge is 2.08. The monoisotopic (exact) mass is 324 g/mol. The first-order chi connectivity index (χ1) is 10.1. The molecule has 0 fully saturated rings. The number of amides is 1. The fourth-order valence-corrected chi connectivity index (χ4v) is 2.07. The Balaban J connectivity index is 1.85. The second-order valence-electron chi connectivity index (χ2n) is 4.42. The molecule has 6 heteroatoms. The topological polar surface area (TPSA) is 51.2 Å². The molecule has 1 N–H and O–H groups in total. The fourth-order valence-electron chi connectivity index (χ4n) is 1.63. The van der Waals surface area contributed by atoms with E-state index in [-0.39, 0.29) is 12.5 Å². The van der Waals surface area contributed by atoms with Gasteiger partial charge in [-0.1, -0.05) is 29.3 Å². The van der Waals surface area contributed by atoms with Crippen molar-refractivity contribution in [2.45, 2.75) is 13.5 Å². The lowest BCUT2D eigenvalue weighted by molar-refractivity contribution is -0.123. The Bertz CT molecular complexity index is 633. The number of nitrogens with zero attached hydrogens (tertiary/aromatic N) is 1. The Kier molecular flexibility index (Phi) is 5.42. The first kappa shape index (κ1) is 15.6. The molecule has 0 saturated heterocycles. The smallest absolute Gasteiger partial charge is 0.258 e. The van der Waals surface area contributed by atoms with Crippen LogP contribution < -0.4 is 10.1 Å². The fraction of sp³-hybridized carbons (Fsp3) is 0.200. The molecule has 0 radical (unpaired) electrons. The molecule has 0 atom stereocenters. The highest BCUT2D eigenvalue weighted by molar-refractivity contribution is 6.36. The number of carbonyl (C=O) groups excluding carboxylic acids is 1. The summed E-state index contributed by atoms with van der Waals surface area (Å²) in [4.78, 5) is 15.8. The van der Waals surface area contributed by atoms with Crippen LogP contribution in [-0.2, 0) is 11.3 Å². The maximum Gasteiger partial charge on any atom is 0.258 e. The maximum absolute atomic E-state index is 11.7. The molecule has 0 unspecified atom stereocenters. The maximum atomic E-state index is 11.7. The van der Waals surface area contributed by atoms with Gasteiger partial charge in [-0.25, -0.2) is 0 Å². The number of pyridine rings is 1. The second kappa shape index (κ2) is 7.29. The summed E-state index contributed by atoms with van der Waals surface area (Å²) in [6.45, 7) is 2.08. The van der Waals surface area contributed by atoms with Gasteiger partial charge in [0.15, 0.2) is 6.61 Å². The molecule has 0 spiro atoms. The number of benzene rings is 1. The van der Waals surface area contributed by atoms with Crippen molar-refractivity contribution in [2.24, 2.45) is 0 Å². The normalized spacial score (nSPS) is 10.2. The summed E-state index contributed by atoms with van der Waals surface area (Å²) in [5, 5.41) is 3.66. The quantitative estimate of drug-likeness (QED) is 0.917. The summed E-state index contributed by atoms with van der Waals surface area (Å²) in [6, 6.07) is 8.82. The Labute approximate surface area is 133 Å². The van der Waals surface area contributed by atoms with Crippen LogP contribution in [0.25, 0.3) is 0 Å². The zero-order chi connectivity index (χ0) is 15.2. The van der Waals surface area contributed by atoms with Crippen molar-refractivity contribution in [3.05, 3.63) is 57.8 Å². The van der Waals surface area contributed by atoms with Gasteiger partial charge >= 0.3 is 0 Å². The third-order valence-corrected chi connectivity index (χ3v) is 3.47. The summed E-state index contributed by atoms with van der Waals surface area (Å²) in [7, 11) is 0. The minimum absolute atomic E-state index is 0.117. The number of nitrogens with one attached hydrogen (secondary N) is 1. The van der Waals surface area contributed by atoms with E-state index in [1.807, 2.05) is 25.1 Å². The Morgan fingerprint density at radius 3 is 2.81 bits per heavy atom. The minimum atomic E-state index is -0.246. The summed E-state index contributed by atoms with van der Waals surface area (Å²) < 4.78 is 5.40. The van der Waals surface area contributed by atoms with Crippen LogP contribution in [0.1, 0.15) is 11.3 Å². The zero-order valence-corrected chi connectivity index (χ0v) is 12.9. The molecule has 1 amide bonds. The number of aryl methyl sites for hydroxylation is 1. The van der Waals surface area contributed by atoms with Crippen LogP contribution >= 0.6 is 23.2 Å². The van der Waals surface area contributed by atoms with Crippen molar-refractivity contribution >= 4 is 29.1 Å². The van der Waals surface area contributed by atoms with Gasteiger partial charge in [-0.3, -0.25) is 9.78 Å². The second-order valence-corrected chi connectivity index (χ2v) is 5.23. The van der Waals surface area contributed by atoms with Crippen LogP contribution in [0.5, 0.6) is 5.75 Å². The van der Waals surface area contributed by atoms with Crippen LogP contribution in [0.2, 0.25) is 10.0 Å². The van der Waals surface area contributed by atoms with Gasteiger partial charge in [0.25, 0.3) is 5.91 Å². The Hall–Kier alpha value is -1.78. The van der Waals surface area contributed by atoms with Crippen molar-refractivity contribution in [1.29, 1.82) is 0 Å². The zero-order valence-electron chi connectivity index (χ0n) is 11.4. The molecule has 0 saturated carbocycles. The largest absolute Gasteiger partial charge is 0.482 e. The number of aromatic nitrogens is 1. The molecule has 21 heavy (non-hydrogen) atoms. The predicted molar refractivity (Wildman–Crippen MR) is 82.8 cm³/mol. The van der Waals surface area contributed by atoms with Crippen LogP contribution in [0.15, 0.2) is 36.5 Å². The van der Waals surface area contributed by atoms with E-state index in [0.29, 0.717) is 22.3 Å². The molecule has 1 aromatic heterocycles. The number of halogens is 2. The number of carbonyl (C=O) groups is 1. The molecule has 2 aromatic rings. The van der Waals surface area contributed by atoms with E-state index in [4.69, 9.17) is 27.9 Å². The van der Waals surface area contributed by atoms with Crippen LogP contribution in [0.4, 0.5) is 0 Å². The van der Waals surface area contributed by atoms with Crippen molar-refractivity contribution in [1.82, 2.24) is 10.3 Å². The minimum Gasteiger partial charge on any atom is -0.482 e. The van der Waals surface area contributed by atoms with Gasteiger partial charge in [0, 0.05) is 11.2 Å². The molecule has 0 bridgehead atoms. The van der Waals surface area contributed by atoms with Gasteiger partial charge in [-0.05, 0) is 36.8 Å². The lowest BCUT2D eigenvalue weighted by Gasteiger charge is -2.10. The van der Waals surface area contributed by atoms with Crippen LogP contribution in [-0.4, -0.2) is 17.5 Å². The highest BCUT2D eigenvalue weighted by Crippen LogP contribution is 2.30. The van der Waals surface area contributed by atoms with E-state index in [0.717, 1.165) is 11.3 Å². The van der Waals surface area contributed by atoms with E-state index in [1.165, 1.54) is 0 Å². The molecule has 0 aliphatic carbocycles. The van der Waals surface area contributed by atoms with E-state index in [9.17, 15) is 4.79 Å². The highest BCUT2D eigenvalue weighted by atomic mass is 35.5. The van der Waals surface area contributed by atoms with Crippen molar-refractivity contribution in [2.75, 3.05) is 6.61 Å². The van der Waals surface area contributed by atoms with Crippen molar-refractivity contribution in [3.63, 3.8) is 0 Å². The molecule has 110 valence electrons. The first-order valence-electron chi connectivity index (χ1n) is 6.31. The van der Waals surface area contributed by atoms with Gasteiger partial charge in [0.05, 0.1) is 17.3 Å². The summed E-state index contributed by atoms with van der Waals surface area (Å²) >= 11 is 11.9. The average molecular weight is 325 g/mol. The molecule has 2 rings (SSSR count). The molecular formula is C15H14Cl2N2O2. The van der Waals surface area contributed by atoms with Gasteiger partial charge < -0.3 is 10.1 Å². The molecule has 4 nitrogen and oxygen atoms in total. The number of hydrogen-bond donors (Lipinski definition) is 1. The molecule has 0 aliphatic heterocycles. The SMILES string of the molecule is Cc1cc(OCC(=O)NCc2ccccn2)c(Cl)cc1Cl. The van der Waals surface area contributed by atoms with E-state index < -0.39 is 0 Å². The third-order valence-electron chi connectivity index (χ3n) is 2.76. The third kappa shape index (κ3) is 4.62. The number of rotatable bonds is 5. The van der Waals surface area contributed by atoms with Crippen molar-refractivity contribution < 1.29 is 9.53 Å².